The third-order valence-electron chi connectivity index (χ3n) is 1.84. The first kappa shape index (κ1) is 19.7. The zero-order chi connectivity index (χ0) is 16.0. The van der Waals surface area contributed by atoms with E-state index >= 15 is 0 Å². The first-order chi connectivity index (χ1) is 9.36. The summed E-state index contributed by atoms with van der Waals surface area (Å²) in [6.07, 6.45) is 2.68. The van der Waals surface area contributed by atoms with E-state index in [4.69, 9.17) is 15.6 Å². The molecule has 0 bridgehead atoms. The molecule has 1 N–H and O–H groups in total. The van der Waals surface area contributed by atoms with Crippen molar-refractivity contribution in [3.8, 4) is 12.1 Å². The number of carboxylic acid groups (broad SMARTS) is 1. The standard InChI is InChI=1S/2C7H9NO2/c1-6(2)7(9)10-5-3-4-8;1-6(7(9)10)4-2-3-5-8/h1,3,5H2,2H3;4H,2-3H2,1H3,(H,9,10). The average Bonchev–Trinajstić information content (AvgIpc) is 2.39. The zero-order valence-corrected chi connectivity index (χ0v) is 11.7. The summed E-state index contributed by atoms with van der Waals surface area (Å²) < 4.78 is 4.58. The molecule has 0 aromatic rings. The van der Waals surface area contributed by atoms with E-state index in [9.17, 15) is 9.59 Å². The lowest BCUT2D eigenvalue weighted by atomic mass is 10.2. The van der Waals surface area contributed by atoms with Gasteiger partial charge in [-0.25, -0.2) is 9.59 Å². The first-order valence-electron chi connectivity index (χ1n) is 5.83. The summed E-state index contributed by atoms with van der Waals surface area (Å²) in [4.78, 5) is 20.7. The monoisotopic (exact) mass is 278 g/mol. The number of nitrogens with zero attached hydrogens (tertiary/aromatic N) is 2. The van der Waals surface area contributed by atoms with Crippen LogP contribution in [-0.4, -0.2) is 23.7 Å². The number of carboxylic acids is 1. The predicted octanol–water partition coefficient (Wildman–Crippen LogP) is 2.34. The molecule has 0 fully saturated rings. The molecule has 0 rings (SSSR count). The Morgan fingerprint density at radius 1 is 1.25 bits per heavy atom. The van der Waals surface area contributed by atoms with E-state index in [1.165, 1.54) is 6.92 Å². The summed E-state index contributed by atoms with van der Waals surface area (Å²) in [6.45, 7) is 6.61. The van der Waals surface area contributed by atoms with Crippen LogP contribution in [0.25, 0.3) is 0 Å². The van der Waals surface area contributed by atoms with Crippen molar-refractivity contribution in [2.75, 3.05) is 6.61 Å². The number of rotatable bonds is 6. The van der Waals surface area contributed by atoms with Gasteiger partial charge in [0.25, 0.3) is 0 Å². The Hall–Kier alpha value is -2.60. The molecule has 0 atom stereocenters. The molecule has 0 spiro atoms. The van der Waals surface area contributed by atoms with Crippen LogP contribution in [0.5, 0.6) is 0 Å². The molecule has 0 aliphatic heterocycles. The second kappa shape index (κ2) is 12.8. The SMILES string of the molecule is C=C(C)C(=O)OCCC#N.CC(=CCCC#N)C(=O)O. The maximum absolute atomic E-state index is 10.6. The molecule has 0 unspecified atom stereocenters. The Morgan fingerprint density at radius 2 is 1.80 bits per heavy atom. The van der Waals surface area contributed by atoms with Crippen molar-refractivity contribution in [3.63, 3.8) is 0 Å². The van der Waals surface area contributed by atoms with Gasteiger partial charge in [0.1, 0.15) is 6.61 Å². The van der Waals surface area contributed by atoms with Gasteiger partial charge < -0.3 is 9.84 Å². The highest BCUT2D eigenvalue weighted by molar-refractivity contribution is 5.87. The molecule has 0 saturated carbocycles. The number of ether oxygens (including phenoxy) is 1. The molecular weight excluding hydrogens is 260 g/mol. The quantitative estimate of drug-likeness (QED) is 0.453. The number of hydrogen-bond acceptors (Lipinski definition) is 5. The molecule has 0 amide bonds. The van der Waals surface area contributed by atoms with E-state index in [0.29, 0.717) is 24.0 Å². The molecule has 108 valence electrons. The second-order valence-corrected chi connectivity index (χ2v) is 3.71. The maximum atomic E-state index is 10.6. The lowest BCUT2D eigenvalue weighted by Crippen LogP contribution is -2.05. The molecule has 0 aliphatic rings. The average molecular weight is 278 g/mol. The van der Waals surface area contributed by atoms with Gasteiger partial charge in [0.05, 0.1) is 18.6 Å². The van der Waals surface area contributed by atoms with Crippen LogP contribution in [0, 0.1) is 22.7 Å². The minimum atomic E-state index is -0.919. The lowest BCUT2D eigenvalue weighted by molar-refractivity contribution is -0.138. The molecule has 6 heteroatoms. The minimum Gasteiger partial charge on any atom is -0.478 e. The summed E-state index contributed by atoms with van der Waals surface area (Å²) in [5, 5.41) is 24.5. The Balaban J connectivity index is 0. The Kier molecular flexibility index (Phi) is 12.7. The van der Waals surface area contributed by atoms with Gasteiger partial charge in [-0.2, -0.15) is 10.5 Å². The summed E-state index contributed by atoms with van der Waals surface area (Å²) in [7, 11) is 0. The number of unbranched alkanes of at least 4 members (excludes halogenated alkanes) is 1. The Bertz CT molecular complexity index is 453. The lowest BCUT2D eigenvalue weighted by Gasteiger charge is -1.98. The maximum Gasteiger partial charge on any atom is 0.333 e. The molecule has 6 nitrogen and oxygen atoms in total. The molecule has 0 saturated heterocycles. The number of carbonyl (C=O) groups excluding carboxylic acids is 1. The Labute approximate surface area is 118 Å². The van der Waals surface area contributed by atoms with Crippen molar-refractivity contribution in [2.45, 2.75) is 33.1 Å². The number of hydrogen-bond donors (Lipinski definition) is 1. The van der Waals surface area contributed by atoms with Crippen molar-refractivity contribution in [1.82, 2.24) is 0 Å². The summed E-state index contributed by atoms with van der Waals surface area (Å²) in [5.41, 5.74) is 0.660. The third-order valence-corrected chi connectivity index (χ3v) is 1.84. The van der Waals surface area contributed by atoms with Gasteiger partial charge >= 0.3 is 11.9 Å². The molecule has 0 radical (unpaired) electrons. The molecule has 0 aromatic heterocycles. The van der Waals surface area contributed by atoms with Crippen molar-refractivity contribution < 1.29 is 19.4 Å². The van der Waals surface area contributed by atoms with Crippen LogP contribution in [0.4, 0.5) is 0 Å². The second-order valence-electron chi connectivity index (χ2n) is 3.71. The van der Waals surface area contributed by atoms with Crippen LogP contribution in [0.15, 0.2) is 23.8 Å². The first-order valence-corrected chi connectivity index (χ1v) is 5.83. The Morgan fingerprint density at radius 3 is 2.20 bits per heavy atom. The summed E-state index contributed by atoms with van der Waals surface area (Å²) in [6, 6.07) is 3.78. The third kappa shape index (κ3) is 13.5. The van der Waals surface area contributed by atoms with Crippen molar-refractivity contribution >= 4 is 11.9 Å². The minimum absolute atomic E-state index is 0.155. The van der Waals surface area contributed by atoms with E-state index in [0.717, 1.165) is 0 Å². The van der Waals surface area contributed by atoms with Crippen LogP contribution < -0.4 is 0 Å². The summed E-state index contributed by atoms with van der Waals surface area (Å²) >= 11 is 0. The van der Waals surface area contributed by atoms with Gasteiger partial charge in [-0.05, 0) is 20.3 Å². The zero-order valence-electron chi connectivity index (χ0n) is 11.7. The van der Waals surface area contributed by atoms with Crippen LogP contribution in [-0.2, 0) is 14.3 Å². The smallest absolute Gasteiger partial charge is 0.333 e. The van der Waals surface area contributed by atoms with Gasteiger partial charge in [0, 0.05) is 17.6 Å². The fourth-order valence-electron chi connectivity index (χ4n) is 0.753. The van der Waals surface area contributed by atoms with E-state index in [2.05, 4.69) is 11.3 Å². The van der Waals surface area contributed by atoms with Gasteiger partial charge in [-0.1, -0.05) is 12.7 Å². The van der Waals surface area contributed by atoms with Gasteiger partial charge in [0.15, 0.2) is 0 Å². The fraction of sp³-hybridized carbons (Fsp3) is 0.429. The summed E-state index contributed by atoms with van der Waals surface area (Å²) in [5.74, 6) is -1.35. The number of carbonyl (C=O) groups is 2. The van der Waals surface area contributed by atoms with E-state index in [-0.39, 0.29) is 13.0 Å². The molecule has 0 aliphatic carbocycles. The molecule has 0 heterocycles. The number of nitriles is 2. The number of allylic oxidation sites excluding steroid dienone is 1. The fourth-order valence-corrected chi connectivity index (χ4v) is 0.753. The van der Waals surface area contributed by atoms with E-state index in [1.807, 2.05) is 12.1 Å². The van der Waals surface area contributed by atoms with Crippen LogP contribution >= 0.6 is 0 Å². The van der Waals surface area contributed by atoms with Crippen molar-refractivity contribution in [3.05, 3.63) is 23.8 Å². The predicted molar refractivity (Wildman–Crippen MR) is 72.2 cm³/mol. The largest absolute Gasteiger partial charge is 0.478 e. The molecule has 0 aromatic carbocycles. The van der Waals surface area contributed by atoms with Gasteiger partial charge in [-0.15, -0.1) is 0 Å². The van der Waals surface area contributed by atoms with Gasteiger partial charge in [0.2, 0.25) is 0 Å². The van der Waals surface area contributed by atoms with E-state index in [1.54, 1.807) is 13.0 Å². The van der Waals surface area contributed by atoms with Crippen molar-refractivity contribution in [1.29, 1.82) is 10.5 Å². The molecule has 20 heavy (non-hydrogen) atoms. The van der Waals surface area contributed by atoms with Crippen LogP contribution in [0.3, 0.4) is 0 Å². The highest BCUT2D eigenvalue weighted by atomic mass is 16.5. The topological polar surface area (TPSA) is 111 Å². The highest BCUT2D eigenvalue weighted by Crippen LogP contribution is 1.96. The number of esters is 1. The van der Waals surface area contributed by atoms with E-state index < -0.39 is 11.9 Å². The van der Waals surface area contributed by atoms with Crippen LogP contribution in [0.1, 0.15) is 33.1 Å². The normalized spacial score (nSPS) is 9.30. The number of aliphatic carboxylic acids is 1. The van der Waals surface area contributed by atoms with Crippen LogP contribution in [0.2, 0.25) is 0 Å². The highest BCUT2D eigenvalue weighted by Gasteiger charge is 2.00. The van der Waals surface area contributed by atoms with Gasteiger partial charge in [-0.3, -0.25) is 0 Å². The van der Waals surface area contributed by atoms with Crippen molar-refractivity contribution in [2.24, 2.45) is 0 Å². The molecular formula is C14H18N2O4.